The zero-order chi connectivity index (χ0) is 10.6. The molecule has 0 fully saturated rings. The zero-order valence-electron chi connectivity index (χ0n) is 8.80. The van der Waals surface area contributed by atoms with Crippen molar-refractivity contribution in [3.63, 3.8) is 0 Å². The van der Waals surface area contributed by atoms with Crippen molar-refractivity contribution in [2.24, 2.45) is 0 Å². The fraction of sp³-hybridized carbons (Fsp3) is 0.750. The quantitative estimate of drug-likeness (QED) is 0.395. The number of rotatable bonds is 5. The lowest BCUT2D eigenvalue weighted by Gasteiger charge is -2.16. The molecule has 0 saturated carbocycles. The lowest BCUT2D eigenvalue weighted by molar-refractivity contribution is 0.101. The summed E-state index contributed by atoms with van der Waals surface area (Å²) in [6, 6.07) is 0. The minimum absolute atomic E-state index is 0.0156. The Hall–Kier alpha value is -0.0851. The molecule has 2 unspecified atom stereocenters. The highest BCUT2D eigenvalue weighted by atomic mass is 31.2. The Kier molecular flexibility index (Phi) is 4.39. The van der Waals surface area contributed by atoms with Crippen LogP contribution in [0.4, 0.5) is 0 Å². The summed E-state index contributed by atoms with van der Waals surface area (Å²) in [6.45, 7) is 0. The Morgan fingerprint density at radius 2 is 2.07 bits per heavy atom. The highest BCUT2D eigenvalue weighted by Gasteiger charge is 2.24. The SMILES string of the molecule is BC1C=CC(OCP(=O)(OC)OC)C1. The van der Waals surface area contributed by atoms with Gasteiger partial charge in [-0.3, -0.25) is 4.57 Å². The van der Waals surface area contributed by atoms with Gasteiger partial charge < -0.3 is 13.8 Å². The third-order valence-corrected chi connectivity index (χ3v) is 3.84. The van der Waals surface area contributed by atoms with Gasteiger partial charge in [-0.1, -0.05) is 12.2 Å². The predicted octanol–water partition coefficient (Wildman–Crippen LogP) is 1.20. The molecule has 0 saturated heterocycles. The monoisotopic (exact) mass is 218 g/mol. The second-order valence-corrected chi connectivity index (χ2v) is 5.62. The first-order valence-electron chi connectivity index (χ1n) is 4.60. The maximum atomic E-state index is 11.6. The first kappa shape index (κ1) is 12.0. The summed E-state index contributed by atoms with van der Waals surface area (Å²) in [4.78, 5) is 0. The van der Waals surface area contributed by atoms with Crippen molar-refractivity contribution >= 4 is 15.4 Å². The largest absolute Gasteiger partial charge is 0.362 e. The summed E-state index contributed by atoms with van der Waals surface area (Å²) in [7, 11) is 1.83. The maximum Gasteiger partial charge on any atom is 0.355 e. The molecule has 0 aromatic rings. The Bertz CT molecular complexity index is 248. The van der Waals surface area contributed by atoms with Gasteiger partial charge in [-0.25, -0.2) is 0 Å². The molecular formula is C8H16BO4P. The Labute approximate surface area is 85.6 Å². The molecule has 2 atom stereocenters. The van der Waals surface area contributed by atoms with Crippen molar-refractivity contribution in [3.05, 3.63) is 12.2 Å². The van der Waals surface area contributed by atoms with E-state index in [4.69, 9.17) is 13.8 Å². The Balaban J connectivity index is 2.33. The van der Waals surface area contributed by atoms with E-state index < -0.39 is 7.60 Å². The van der Waals surface area contributed by atoms with Crippen LogP contribution in [0.3, 0.4) is 0 Å². The lowest BCUT2D eigenvalue weighted by Crippen LogP contribution is -2.10. The van der Waals surface area contributed by atoms with E-state index in [2.05, 4.69) is 13.9 Å². The van der Waals surface area contributed by atoms with Crippen LogP contribution in [0.25, 0.3) is 0 Å². The van der Waals surface area contributed by atoms with Crippen molar-refractivity contribution < 1.29 is 18.3 Å². The molecule has 0 heterocycles. The van der Waals surface area contributed by atoms with E-state index in [1.807, 2.05) is 6.08 Å². The molecule has 14 heavy (non-hydrogen) atoms. The lowest BCUT2D eigenvalue weighted by atomic mass is 9.87. The van der Waals surface area contributed by atoms with Gasteiger partial charge in [0.1, 0.15) is 14.2 Å². The first-order valence-corrected chi connectivity index (χ1v) is 6.33. The Morgan fingerprint density at radius 1 is 1.43 bits per heavy atom. The first-order chi connectivity index (χ1) is 6.59. The second-order valence-electron chi connectivity index (χ2n) is 3.41. The number of hydrogen-bond donors (Lipinski definition) is 0. The van der Waals surface area contributed by atoms with Gasteiger partial charge in [0.05, 0.1) is 6.10 Å². The molecule has 1 aliphatic carbocycles. The van der Waals surface area contributed by atoms with Crippen LogP contribution in [0, 0.1) is 0 Å². The highest BCUT2D eigenvalue weighted by Crippen LogP contribution is 2.46. The molecule has 0 aliphatic heterocycles. The third kappa shape index (κ3) is 3.25. The van der Waals surface area contributed by atoms with E-state index >= 15 is 0 Å². The van der Waals surface area contributed by atoms with Crippen LogP contribution in [0.1, 0.15) is 6.42 Å². The predicted molar refractivity (Wildman–Crippen MR) is 57.4 cm³/mol. The van der Waals surface area contributed by atoms with E-state index in [1.54, 1.807) is 0 Å². The average Bonchev–Trinajstić information content (AvgIpc) is 2.61. The van der Waals surface area contributed by atoms with E-state index in [1.165, 1.54) is 14.2 Å². The molecule has 6 heteroatoms. The highest BCUT2D eigenvalue weighted by molar-refractivity contribution is 7.53. The average molecular weight is 218 g/mol. The van der Waals surface area contributed by atoms with Gasteiger partial charge in [0.15, 0.2) is 0 Å². The molecule has 80 valence electrons. The zero-order valence-corrected chi connectivity index (χ0v) is 9.70. The fourth-order valence-corrected chi connectivity index (χ4v) is 2.06. The van der Waals surface area contributed by atoms with Crippen LogP contribution in [0.2, 0.25) is 5.82 Å². The van der Waals surface area contributed by atoms with Gasteiger partial charge >= 0.3 is 7.60 Å². The molecule has 0 bridgehead atoms. The maximum absolute atomic E-state index is 11.6. The van der Waals surface area contributed by atoms with Crippen molar-refractivity contribution in [3.8, 4) is 0 Å². The summed E-state index contributed by atoms with van der Waals surface area (Å²) >= 11 is 0. The summed E-state index contributed by atoms with van der Waals surface area (Å²) in [6.07, 6.45) is 5.08. The van der Waals surface area contributed by atoms with Gasteiger partial charge in [-0.15, -0.1) is 0 Å². The minimum Gasteiger partial charge on any atom is -0.362 e. The number of ether oxygens (including phenoxy) is 1. The van der Waals surface area contributed by atoms with Gasteiger partial charge in [0.25, 0.3) is 0 Å². The third-order valence-electron chi connectivity index (χ3n) is 2.26. The number of allylic oxidation sites excluding steroid dienone is 1. The van der Waals surface area contributed by atoms with Gasteiger partial charge in [-0.05, 0) is 12.2 Å². The summed E-state index contributed by atoms with van der Waals surface area (Å²) in [5.74, 6) is 0.532. The molecule has 1 rings (SSSR count). The Morgan fingerprint density at radius 3 is 2.50 bits per heavy atom. The molecule has 0 N–H and O–H groups in total. The van der Waals surface area contributed by atoms with Crippen LogP contribution in [-0.2, 0) is 18.3 Å². The normalized spacial score (nSPS) is 27.0. The van der Waals surface area contributed by atoms with E-state index in [-0.39, 0.29) is 12.5 Å². The van der Waals surface area contributed by atoms with Crippen molar-refractivity contribution in [2.45, 2.75) is 18.3 Å². The standard InChI is InChI=1S/C8H16BO4P/c1-11-14(10,12-2)6-13-8-4-3-7(9)5-8/h3-4,7-8H,5-6,9H2,1-2H3. The summed E-state index contributed by atoms with van der Waals surface area (Å²) in [5.41, 5.74) is 0. The molecule has 0 spiro atoms. The number of hydrogen-bond acceptors (Lipinski definition) is 4. The van der Waals surface area contributed by atoms with E-state index in [9.17, 15) is 4.57 Å². The second kappa shape index (κ2) is 5.12. The van der Waals surface area contributed by atoms with E-state index in [0.29, 0.717) is 5.82 Å². The van der Waals surface area contributed by atoms with Crippen LogP contribution < -0.4 is 0 Å². The van der Waals surface area contributed by atoms with Gasteiger partial charge in [0, 0.05) is 14.2 Å². The van der Waals surface area contributed by atoms with Gasteiger partial charge in [0.2, 0.25) is 0 Å². The van der Waals surface area contributed by atoms with Crippen LogP contribution in [-0.4, -0.2) is 34.5 Å². The smallest absolute Gasteiger partial charge is 0.355 e. The van der Waals surface area contributed by atoms with Crippen molar-refractivity contribution in [2.75, 3.05) is 20.6 Å². The molecule has 0 aromatic heterocycles. The minimum atomic E-state index is -3.01. The van der Waals surface area contributed by atoms with Crippen LogP contribution >= 0.6 is 7.60 Å². The van der Waals surface area contributed by atoms with Crippen LogP contribution in [0.15, 0.2) is 12.2 Å². The molecule has 1 aliphatic rings. The van der Waals surface area contributed by atoms with Gasteiger partial charge in [-0.2, -0.15) is 0 Å². The molecule has 0 aromatic carbocycles. The molecule has 0 amide bonds. The van der Waals surface area contributed by atoms with E-state index in [0.717, 1.165) is 6.42 Å². The molecule has 0 radical (unpaired) electrons. The fourth-order valence-electron chi connectivity index (χ4n) is 1.33. The van der Waals surface area contributed by atoms with Crippen molar-refractivity contribution in [1.82, 2.24) is 0 Å². The summed E-state index contributed by atoms with van der Waals surface area (Å²) < 4.78 is 26.5. The molecular weight excluding hydrogens is 202 g/mol. The van der Waals surface area contributed by atoms with Crippen molar-refractivity contribution in [1.29, 1.82) is 0 Å². The molecule has 4 nitrogen and oxygen atoms in total. The topological polar surface area (TPSA) is 44.8 Å². The summed E-state index contributed by atoms with van der Waals surface area (Å²) in [5, 5.41) is 0. The van der Waals surface area contributed by atoms with Crippen LogP contribution in [0.5, 0.6) is 0 Å².